The molecule has 4 heteroatoms. The third-order valence-electron chi connectivity index (χ3n) is 2.41. The number of hydrogen-bond acceptors (Lipinski definition) is 1. The summed E-state index contributed by atoms with van der Waals surface area (Å²) < 4.78 is 13.1. The molecule has 0 aliphatic carbocycles. The second kappa shape index (κ2) is 5.05. The zero-order valence-electron chi connectivity index (χ0n) is 8.75. The zero-order chi connectivity index (χ0) is 12.4. The van der Waals surface area contributed by atoms with Gasteiger partial charge in [-0.2, -0.15) is 0 Å². The Bertz CT molecular complexity index is 532. The maximum Gasteiger partial charge on any atom is 0.126 e. The lowest BCUT2D eigenvalue weighted by Gasteiger charge is -2.08. The van der Waals surface area contributed by atoms with E-state index >= 15 is 0 Å². The van der Waals surface area contributed by atoms with Gasteiger partial charge in [0, 0.05) is 5.56 Å². The maximum absolute atomic E-state index is 13.1. The van der Waals surface area contributed by atoms with Crippen LogP contribution in [0.25, 0.3) is 11.1 Å². The second-order valence-electron chi connectivity index (χ2n) is 3.60. The summed E-state index contributed by atoms with van der Waals surface area (Å²) in [6, 6.07) is 9.59. The minimum atomic E-state index is -0.470. The summed E-state index contributed by atoms with van der Waals surface area (Å²) in [5, 5.41) is 9.58. The minimum absolute atomic E-state index is 0.0652. The predicted octanol–water partition coefficient (Wildman–Crippen LogP) is 4.29. The van der Waals surface area contributed by atoms with Crippen molar-refractivity contribution in [2.45, 2.75) is 6.61 Å². The quantitative estimate of drug-likeness (QED) is 0.863. The van der Waals surface area contributed by atoms with E-state index < -0.39 is 5.82 Å². The van der Waals surface area contributed by atoms with Crippen LogP contribution in [0.1, 0.15) is 5.56 Å². The molecule has 0 atom stereocenters. The molecule has 88 valence electrons. The molecule has 0 heterocycles. The molecule has 17 heavy (non-hydrogen) atoms. The van der Waals surface area contributed by atoms with Crippen LogP contribution in [0.4, 0.5) is 4.39 Å². The Morgan fingerprint density at radius 2 is 1.71 bits per heavy atom. The van der Waals surface area contributed by atoms with Crippen LogP contribution in [-0.4, -0.2) is 5.11 Å². The van der Waals surface area contributed by atoms with Gasteiger partial charge in [-0.25, -0.2) is 4.39 Å². The number of rotatable bonds is 2. The molecule has 2 aromatic carbocycles. The molecule has 1 nitrogen and oxygen atoms in total. The third-order valence-corrected chi connectivity index (χ3v) is 3.00. The summed E-state index contributed by atoms with van der Waals surface area (Å²) in [5.41, 5.74) is 2.08. The summed E-state index contributed by atoms with van der Waals surface area (Å²) in [6.45, 7) is -0.0652. The van der Waals surface area contributed by atoms with Crippen LogP contribution in [0, 0.1) is 5.82 Å². The molecule has 0 saturated heterocycles. The average molecular weight is 271 g/mol. The van der Waals surface area contributed by atoms with E-state index in [4.69, 9.17) is 28.3 Å². The number of aliphatic hydroxyl groups is 1. The molecular formula is C13H9Cl2FO. The van der Waals surface area contributed by atoms with E-state index in [0.717, 1.165) is 11.1 Å². The fourth-order valence-electron chi connectivity index (χ4n) is 1.64. The fraction of sp³-hybridized carbons (Fsp3) is 0.0769. The first-order valence-electron chi connectivity index (χ1n) is 4.96. The molecule has 0 fully saturated rings. The Morgan fingerprint density at radius 3 is 2.29 bits per heavy atom. The Balaban J connectivity index is 2.60. The van der Waals surface area contributed by atoms with Crippen molar-refractivity contribution in [1.82, 2.24) is 0 Å². The number of benzene rings is 2. The van der Waals surface area contributed by atoms with Crippen molar-refractivity contribution >= 4 is 23.2 Å². The molecule has 0 aliphatic rings. The van der Waals surface area contributed by atoms with Crippen molar-refractivity contribution in [3.8, 4) is 11.1 Å². The average Bonchev–Trinajstić information content (AvgIpc) is 2.28. The van der Waals surface area contributed by atoms with Crippen LogP contribution in [0.5, 0.6) is 0 Å². The van der Waals surface area contributed by atoms with Gasteiger partial charge < -0.3 is 5.11 Å². The molecule has 0 aromatic heterocycles. The van der Waals surface area contributed by atoms with Gasteiger partial charge in [-0.05, 0) is 29.3 Å². The van der Waals surface area contributed by atoms with Gasteiger partial charge in [0.2, 0.25) is 0 Å². The lowest BCUT2D eigenvalue weighted by atomic mass is 10.0. The van der Waals surface area contributed by atoms with E-state index in [1.807, 2.05) is 6.07 Å². The SMILES string of the molecule is OCc1cccc(-c2c(Cl)cc(F)cc2Cl)c1. The number of halogens is 3. The summed E-state index contributed by atoms with van der Waals surface area (Å²) in [7, 11) is 0. The highest BCUT2D eigenvalue weighted by Gasteiger charge is 2.10. The number of aliphatic hydroxyl groups excluding tert-OH is 1. The molecule has 0 aliphatic heterocycles. The van der Waals surface area contributed by atoms with Crippen molar-refractivity contribution < 1.29 is 9.50 Å². The van der Waals surface area contributed by atoms with Crippen LogP contribution in [0.15, 0.2) is 36.4 Å². The van der Waals surface area contributed by atoms with Gasteiger partial charge in [0.05, 0.1) is 16.7 Å². The van der Waals surface area contributed by atoms with Gasteiger partial charge >= 0.3 is 0 Å². The Hall–Kier alpha value is -1.09. The van der Waals surface area contributed by atoms with E-state index in [1.54, 1.807) is 18.2 Å². The van der Waals surface area contributed by atoms with Crippen molar-refractivity contribution in [3.05, 3.63) is 57.8 Å². The Labute approximate surface area is 108 Å². The third kappa shape index (κ3) is 2.60. The fourth-order valence-corrected chi connectivity index (χ4v) is 2.32. The highest BCUT2D eigenvalue weighted by molar-refractivity contribution is 6.39. The summed E-state index contributed by atoms with van der Waals surface area (Å²) in [5.74, 6) is -0.470. The van der Waals surface area contributed by atoms with Gasteiger partial charge in [-0.15, -0.1) is 0 Å². The molecule has 0 unspecified atom stereocenters. The highest BCUT2D eigenvalue weighted by Crippen LogP contribution is 2.35. The normalized spacial score (nSPS) is 10.6. The van der Waals surface area contributed by atoms with Gasteiger partial charge in [0.25, 0.3) is 0 Å². The standard InChI is InChI=1S/C13H9Cl2FO/c14-11-5-10(16)6-12(15)13(11)9-3-1-2-8(4-9)7-17/h1-6,17H,7H2. The summed E-state index contributed by atoms with van der Waals surface area (Å²) in [4.78, 5) is 0. The molecular weight excluding hydrogens is 262 g/mol. The van der Waals surface area contributed by atoms with Gasteiger partial charge in [-0.1, -0.05) is 41.4 Å². The molecule has 2 rings (SSSR count). The van der Waals surface area contributed by atoms with Crippen molar-refractivity contribution in [2.75, 3.05) is 0 Å². The Kier molecular flexibility index (Phi) is 3.67. The first-order valence-corrected chi connectivity index (χ1v) is 5.72. The van der Waals surface area contributed by atoms with Crippen molar-refractivity contribution in [3.63, 3.8) is 0 Å². The topological polar surface area (TPSA) is 20.2 Å². The maximum atomic E-state index is 13.1. The second-order valence-corrected chi connectivity index (χ2v) is 4.42. The lowest BCUT2D eigenvalue weighted by Crippen LogP contribution is -1.87. The first-order chi connectivity index (χ1) is 8.11. The molecule has 0 spiro atoms. The van der Waals surface area contributed by atoms with E-state index in [9.17, 15) is 4.39 Å². The largest absolute Gasteiger partial charge is 0.392 e. The van der Waals surface area contributed by atoms with Crippen molar-refractivity contribution in [2.24, 2.45) is 0 Å². The smallest absolute Gasteiger partial charge is 0.126 e. The molecule has 0 radical (unpaired) electrons. The molecule has 0 saturated carbocycles. The molecule has 0 bridgehead atoms. The first kappa shape index (κ1) is 12.4. The monoisotopic (exact) mass is 270 g/mol. The highest BCUT2D eigenvalue weighted by atomic mass is 35.5. The van der Waals surface area contributed by atoms with Crippen LogP contribution in [-0.2, 0) is 6.61 Å². The zero-order valence-corrected chi connectivity index (χ0v) is 10.3. The van der Waals surface area contributed by atoms with Crippen LogP contribution >= 0.6 is 23.2 Å². The van der Waals surface area contributed by atoms with Crippen molar-refractivity contribution in [1.29, 1.82) is 0 Å². The summed E-state index contributed by atoms with van der Waals surface area (Å²) >= 11 is 12.0. The van der Waals surface area contributed by atoms with Gasteiger partial charge in [0.1, 0.15) is 5.82 Å². The van der Waals surface area contributed by atoms with Crippen LogP contribution < -0.4 is 0 Å². The van der Waals surface area contributed by atoms with Gasteiger partial charge in [0.15, 0.2) is 0 Å². The number of hydrogen-bond donors (Lipinski definition) is 1. The lowest BCUT2D eigenvalue weighted by molar-refractivity contribution is 0.282. The minimum Gasteiger partial charge on any atom is -0.392 e. The molecule has 1 N–H and O–H groups in total. The molecule has 0 amide bonds. The van der Waals surface area contributed by atoms with Crippen LogP contribution in [0.3, 0.4) is 0 Å². The van der Waals surface area contributed by atoms with Crippen LogP contribution in [0.2, 0.25) is 10.0 Å². The summed E-state index contributed by atoms with van der Waals surface area (Å²) in [6.07, 6.45) is 0. The molecule has 2 aromatic rings. The Morgan fingerprint density at radius 1 is 1.06 bits per heavy atom. The van der Waals surface area contributed by atoms with E-state index in [2.05, 4.69) is 0 Å². The van der Waals surface area contributed by atoms with E-state index in [0.29, 0.717) is 5.56 Å². The van der Waals surface area contributed by atoms with E-state index in [-0.39, 0.29) is 16.7 Å². The van der Waals surface area contributed by atoms with Gasteiger partial charge in [-0.3, -0.25) is 0 Å². The predicted molar refractivity (Wildman–Crippen MR) is 67.8 cm³/mol. The van der Waals surface area contributed by atoms with E-state index in [1.165, 1.54) is 12.1 Å².